The summed E-state index contributed by atoms with van der Waals surface area (Å²) in [6, 6.07) is 1.74. The van der Waals surface area contributed by atoms with Crippen LogP contribution in [0.25, 0.3) is 11.6 Å². The molecule has 0 aliphatic rings. The largest absolute Gasteiger partial charge is 0.390 e. The van der Waals surface area contributed by atoms with Gasteiger partial charge in [0, 0.05) is 12.4 Å². The van der Waals surface area contributed by atoms with Gasteiger partial charge in [-0.3, -0.25) is 0 Å². The predicted octanol–water partition coefficient (Wildman–Crippen LogP) is 0.359. The van der Waals surface area contributed by atoms with E-state index in [9.17, 15) is 0 Å². The first-order chi connectivity index (χ1) is 6.40. The van der Waals surface area contributed by atoms with Crippen LogP contribution in [0, 0.1) is 0 Å². The van der Waals surface area contributed by atoms with Crippen LogP contribution in [-0.2, 0) is 6.61 Å². The normalized spacial score (nSPS) is 10.2. The van der Waals surface area contributed by atoms with Crippen molar-refractivity contribution in [1.82, 2.24) is 19.9 Å². The molecule has 13 heavy (non-hydrogen) atoms. The van der Waals surface area contributed by atoms with Crippen molar-refractivity contribution in [3.05, 3.63) is 30.4 Å². The molecule has 0 amide bonds. The molecule has 2 aromatic rings. The molecule has 2 aromatic heterocycles. The van der Waals surface area contributed by atoms with Crippen LogP contribution in [0.2, 0.25) is 0 Å². The molecule has 0 unspecified atom stereocenters. The highest BCUT2D eigenvalue weighted by atomic mass is 16.3. The summed E-state index contributed by atoms with van der Waals surface area (Å²) in [5.74, 6) is 1.10. The zero-order valence-electron chi connectivity index (χ0n) is 6.81. The van der Waals surface area contributed by atoms with E-state index >= 15 is 0 Å². The van der Waals surface area contributed by atoms with E-state index in [2.05, 4.69) is 19.9 Å². The molecule has 0 saturated carbocycles. The summed E-state index contributed by atoms with van der Waals surface area (Å²) in [4.78, 5) is 14.9. The van der Waals surface area contributed by atoms with Crippen molar-refractivity contribution in [2.75, 3.05) is 0 Å². The van der Waals surface area contributed by atoms with E-state index < -0.39 is 0 Å². The van der Waals surface area contributed by atoms with Gasteiger partial charge in [0.05, 0.1) is 18.5 Å². The van der Waals surface area contributed by atoms with E-state index in [1.807, 2.05) is 0 Å². The molecule has 0 radical (unpaired) electrons. The Bertz CT molecular complexity index is 384. The number of imidazole rings is 1. The average Bonchev–Trinajstić information content (AvgIpc) is 2.67. The van der Waals surface area contributed by atoms with E-state index in [0.29, 0.717) is 17.3 Å². The van der Waals surface area contributed by atoms with Crippen molar-refractivity contribution in [2.24, 2.45) is 0 Å². The van der Waals surface area contributed by atoms with Crippen molar-refractivity contribution < 1.29 is 5.11 Å². The van der Waals surface area contributed by atoms with Crippen molar-refractivity contribution in [2.45, 2.75) is 6.61 Å². The molecule has 0 spiro atoms. The van der Waals surface area contributed by atoms with Gasteiger partial charge in [-0.2, -0.15) is 0 Å². The fourth-order valence-electron chi connectivity index (χ4n) is 0.974. The predicted molar refractivity (Wildman–Crippen MR) is 45.5 cm³/mol. The minimum Gasteiger partial charge on any atom is -0.390 e. The van der Waals surface area contributed by atoms with Gasteiger partial charge in [-0.25, -0.2) is 15.0 Å². The van der Waals surface area contributed by atoms with Crippen molar-refractivity contribution in [1.29, 1.82) is 0 Å². The molecule has 5 nitrogen and oxygen atoms in total. The lowest BCUT2D eigenvalue weighted by Gasteiger charge is -1.92. The summed E-state index contributed by atoms with van der Waals surface area (Å²) in [6.45, 7) is -0.0557. The summed E-state index contributed by atoms with van der Waals surface area (Å²) in [7, 11) is 0. The van der Waals surface area contributed by atoms with Crippen LogP contribution in [0.3, 0.4) is 0 Å². The molecule has 2 rings (SSSR count). The highest BCUT2D eigenvalue weighted by Crippen LogP contribution is 2.08. The van der Waals surface area contributed by atoms with Crippen LogP contribution >= 0.6 is 0 Å². The van der Waals surface area contributed by atoms with E-state index in [0.717, 1.165) is 0 Å². The molecular formula is C8H8N4O. The van der Waals surface area contributed by atoms with Gasteiger partial charge in [-0.15, -0.1) is 0 Å². The third-order valence-corrected chi connectivity index (χ3v) is 1.58. The van der Waals surface area contributed by atoms with Crippen molar-refractivity contribution in [3.8, 4) is 11.6 Å². The minimum absolute atomic E-state index is 0.0557. The maximum absolute atomic E-state index is 8.79. The molecule has 0 saturated heterocycles. The Balaban J connectivity index is 2.36. The first-order valence-electron chi connectivity index (χ1n) is 3.82. The number of aromatic nitrogens is 4. The van der Waals surface area contributed by atoms with E-state index in [1.165, 1.54) is 0 Å². The SMILES string of the molecule is OCc1cnc(-c2ncccn2)[nH]1. The number of aromatic amines is 1. The second-order valence-electron chi connectivity index (χ2n) is 2.49. The van der Waals surface area contributed by atoms with Gasteiger partial charge in [0.2, 0.25) is 0 Å². The molecular weight excluding hydrogens is 168 g/mol. The van der Waals surface area contributed by atoms with E-state index in [1.54, 1.807) is 24.7 Å². The van der Waals surface area contributed by atoms with Crippen molar-refractivity contribution in [3.63, 3.8) is 0 Å². The topological polar surface area (TPSA) is 74.7 Å². The second kappa shape index (κ2) is 3.32. The Kier molecular flexibility index (Phi) is 2.01. The maximum Gasteiger partial charge on any atom is 0.195 e. The van der Waals surface area contributed by atoms with Gasteiger partial charge < -0.3 is 10.1 Å². The third-order valence-electron chi connectivity index (χ3n) is 1.58. The second-order valence-corrected chi connectivity index (χ2v) is 2.49. The van der Waals surface area contributed by atoms with Gasteiger partial charge in [0.1, 0.15) is 0 Å². The third kappa shape index (κ3) is 1.54. The van der Waals surface area contributed by atoms with Gasteiger partial charge in [0.25, 0.3) is 0 Å². The van der Waals surface area contributed by atoms with Crippen LogP contribution in [-0.4, -0.2) is 25.0 Å². The van der Waals surface area contributed by atoms with Crippen LogP contribution < -0.4 is 0 Å². The molecule has 0 aromatic carbocycles. The van der Waals surface area contributed by atoms with E-state index in [-0.39, 0.29) is 6.61 Å². The van der Waals surface area contributed by atoms with Gasteiger partial charge in [-0.1, -0.05) is 0 Å². The molecule has 5 heteroatoms. The summed E-state index contributed by atoms with van der Waals surface area (Å²) < 4.78 is 0. The summed E-state index contributed by atoms with van der Waals surface area (Å²) in [5, 5.41) is 8.79. The Morgan fingerprint density at radius 1 is 1.23 bits per heavy atom. The Hall–Kier alpha value is -1.75. The number of nitrogens with zero attached hydrogens (tertiary/aromatic N) is 3. The molecule has 0 aliphatic carbocycles. The van der Waals surface area contributed by atoms with Crippen molar-refractivity contribution >= 4 is 0 Å². The summed E-state index contributed by atoms with van der Waals surface area (Å²) in [6.07, 6.45) is 4.85. The first kappa shape index (κ1) is 7.88. The fourth-order valence-corrected chi connectivity index (χ4v) is 0.974. The van der Waals surface area contributed by atoms with Crippen LogP contribution in [0.1, 0.15) is 5.69 Å². The standard InChI is InChI=1S/C8H8N4O/c13-5-6-4-11-8(12-6)7-9-2-1-3-10-7/h1-4,13H,5H2,(H,11,12). The molecule has 66 valence electrons. The zero-order chi connectivity index (χ0) is 9.10. The quantitative estimate of drug-likeness (QED) is 0.692. The first-order valence-corrected chi connectivity index (χ1v) is 3.82. The number of nitrogens with one attached hydrogen (secondary N) is 1. The molecule has 2 heterocycles. The lowest BCUT2D eigenvalue weighted by molar-refractivity contribution is 0.277. The Morgan fingerprint density at radius 2 is 2.00 bits per heavy atom. The average molecular weight is 176 g/mol. The number of aliphatic hydroxyl groups is 1. The molecule has 0 atom stereocenters. The lowest BCUT2D eigenvalue weighted by atomic mass is 10.5. The van der Waals surface area contributed by atoms with Gasteiger partial charge in [-0.05, 0) is 6.07 Å². The minimum atomic E-state index is -0.0557. The number of hydrogen-bond donors (Lipinski definition) is 2. The smallest absolute Gasteiger partial charge is 0.195 e. The molecule has 2 N–H and O–H groups in total. The summed E-state index contributed by atoms with van der Waals surface area (Å²) in [5.41, 5.74) is 0.655. The number of H-pyrrole nitrogens is 1. The number of rotatable bonds is 2. The Morgan fingerprint density at radius 3 is 2.62 bits per heavy atom. The monoisotopic (exact) mass is 176 g/mol. The fraction of sp³-hybridized carbons (Fsp3) is 0.125. The Labute approximate surface area is 74.5 Å². The van der Waals surface area contributed by atoms with Crippen LogP contribution in [0.4, 0.5) is 0 Å². The highest BCUT2D eigenvalue weighted by molar-refractivity contribution is 5.42. The lowest BCUT2D eigenvalue weighted by Crippen LogP contribution is -1.89. The molecule has 0 fully saturated rings. The number of hydrogen-bond acceptors (Lipinski definition) is 4. The van der Waals surface area contributed by atoms with Crippen LogP contribution in [0.15, 0.2) is 24.7 Å². The van der Waals surface area contributed by atoms with E-state index in [4.69, 9.17) is 5.11 Å². The highest BCUT2D eigenvalue weighted by Gasteiger charge is 2.03. The van der Waals surface area contributed by atoms with Gasteiger partial charge >= 0.3 is 0 Å². The maximum atomic E-state index is 8.79. The number of aliphatic hydroxyl groups excluding tert-OH is 1. The molecule has 0 bridgehead atoms. The molecule has 0 aliphatic heterocycles. The summed E-state index contributed by atoms with van der Waals surface area (Å²) >= 11 is 0. The van der Waals surface area contributed by atoms with Crippen LogP contribution in [0.5, 0.6) is 0 Å². The van der Waals surface area contributed by atoms with Gasteiger partial charge in [0.15, 0.2) is 11.6 Å². The zero-order valence-corrected chi connectivity index (χ0v) is 6.81.